The number of hydrogen-bond donors (Lipinski definition) is 0. The number of anilines is 1. The lowest BCUT2D eigenvalue weighted by atomic mass is 9.72. The highest BCUT2D eigenvalue weighted by atomic mass is 19.1. The van der Waals surface area contributed by atoms with Crippen LogP contribution in [0.15, 0.2) is 60.7 Å². The molecule has 0 aromatic heterocycles. The molecule has 1 amide bonds. The van der Waals surface area contributed by atoms with E-state index in [4.69, 9.17) is 9.47 Å². The van der Waals surface area contributed by atoms with Crippen LogP contribution in [0.5, 0.6) is 11.5 Å². The van der Waals surface area contributed by atoms with E-state index in [1.165, 1.54) is 12.1 Å². The van der Waals surface area contributed by atoms with Crippen molar-refractivity contribution in [2.75, 3.05) is 37.7 Å². The minimum absolute atomic E-state index is 0.104. The molecule has 0 unspecified atom stereocenters. The van der Waals surface area contributed by atoms with Crippen molar-refractivity contribution in [2.24, 2.45) is 5.41 Å². The molecule has 2 heterocycles. The van der Waals surface area contributed by atoms with Crippen molar-refractivity contribution < 1.29 is 23.5 Å². The maximum Gasteiger partial charge on any atom is 0.227 e. The van der Waals surface area contributed by atoms with Gasteiger partial charge >= 0.3 is 0 Å². The van der Waals surface area contributed by atoms with Crippen molar-refractivity contribution in [3.8, 4) is 22.6 Å². The molecule has 3 aromatic rings. The highest BCUT2D eigenvalue weighted by Crippen LogP contribution is 2.43. The summed E-state index contributed by atoms with van der Waals surface area (Å²) in [6.45, 7) is 8.33. The lowest BCUT2D eigenvalue weighted by molar-refractivity contribution is -0.122. The molecule has 0 atom stereocenters. The number of rotatable bonds is 9. The number of ether oxygens (including phenoxy) is 2. The van der Waals surface area contributed by atoms with E-state index in [2.05, 4.69) is 17.0 Å². The van der Waals surface area contributed by atoms with Gasteiger partial charge in [-0.15, -0.1) is 0 Å². The number of hydrogen-bond acceptors (Lipinski definition) is 5. The van der Waals surface area contributed by atoms with Crippen LogP contribution < -0.4 is 14.4 Å². The van der Waals surface area contributed by atoms with E-state index in [-0.39, 0.29) is 17.1 Å². The van der Waals surface area contributed by atoms with Gasteiger partial charge in [0.2, 0.25) is 5.91 Å². The van der Waals surface area contributed by atoms with Gasteiger partial charge < -0.3 is 14.4 Å². The van der Waals surface area contributed by atoms with Crippen molar-refractivity contribution in [3.63, 3.8) is 0 Å². The molecule has 2 fully saturated rings. The Morgan fingerprint density at radius 2 is 1.52 bits per heavy atom. The number of benzene rings is 3. The first-order chi connectivity index (χ1) is 19.4. The summed E-state index contributed by atoms with van der Waals surface area (Å²) in [7, 11) is 0. The smallest absolute Gasteiger partial charge is 0.227 e. The first kappa shape index (κ1) is 27.8. The molecule has 0 bridgehead atoms. The van der Waals surface area contributed by atoms with E-state index in [1.807, 2.05) is 30.9 Å². The zero-order chi connectivity index (χ0) is 28.1. The van der Waals surface area contributed by atoms with E-state index in [0.717, 1.165) is 85.6 Å². The van der Waals surface area contributed by atoms with Crippen LogP contribution in [0.1, 0.15) is 55.5 Å². The third-order valence-corrected chi connectivity index (χ3v) is 8.19. The fourth-order valence-electron chi connectivity index (χ4n) is 6.00. The molecule has 6 nitrogen and oxygen atoms in total. The SMILES string of the molecule is CCOc1cc(CN2CCC3(CCC(=O)N(c4ccc(C=O)cc4)C3)CC2)cc(OCC)c1-c1ccc(F)cc1. The Kier molecular flexibility index (Phi) is 8.50. The van der Waals surface area contributed by atoms with Crippen LogP contribution in [0.2, 0.25) is 0 Å². The lowest BCUT2D eigenvalue weighted by Gasteiger charge is -2.47. The van der Waals surface area contributed by atoms with Crippen LogP contribution >= 0.6 is 0 Å². The highest BCUT2D eigenvalue weighted by Gasteiger charge is 2.41. The number of piperidine rings is 2. The van der Waals surface area contributed by atoms with E-state index in [0.29, 0.717) is 25.2 Å². The van der Waals surface area contributed by atoms with Crippen LogP contribution in [0.25, 0.3) is 11.1 Å². The van der Waals surface area contributed by atoms with Crippen LogP contribution in [-0.4, -0.2) is 49.9 Å². The predicted octanol–water partition coefficient (Wildman–Crippen LogP) is 6.51. The predicted molar refractivity (Wildman–Crippen MR) is 155 cm³/mol. The van der Waals surface area contributed by atoms with Crippen molar-refractivity contribution in [1.29, 1.82) is 0 Å². The number of aldehydes is 1. The summed E-state index contributed by atoms with van der Waals surface area (Å²) in [4.78, 5) is 28.2. The van der Waals surface area contributed by atoms with Gasteiger partial charge in [0, 0.05) is 30.8 Å². The highest BCUT2D eigenvalue weighted by molar-refractivity contribution is 5.94. The van der Waals surface area contributed by atoms with Gasteiger partial charge in [-0.25, -0.2) is 4.39 Å². The second kappa shape index (κ2) is 12.2. The average Bonchev–Trinajstić information content (AvgIpc) is 2.97. The van der Waals surface area contributed by atoms with Crippen LogP contribution in [0.3, 0.4) is 0 Å². The number of carbonyl (C=O) groups excluding carboxylic acids is 2. The topological polar surface area (TPSA) is 59.1 Å². The Balaban J connectivity index is 1.31. The maximum absolute atomic E-state index is 13.6. The summed E-state index contributed by atoms with van der Waals surface area (Å²) in [6.07, 6.45) is 4.33. The summed E-state index contributed by atoms with van der Waals surface area (Å²) in [5.41, 5.74) is 4.40. The van der Waals surface area contributed by atoms with Gasteiger partial charge in [-0.3, -0.25) is 14.5 Å². The molecule has 0 radical (unpaired) electrons. The van der Waals surface area contributed by atoms with Gasteiger partial charge in [-0.1, -0.05) is 12.1 Å². The number of nitrogens with zero attached hydrogens (tertiary/aromatic N) is 2. The van der Waals surface area contributed by atoms with Gasteiger partial charge in [0.15, 0.2) is 0 Å². The number of amides is 1. The maximum atomic E-state index is 13.6. The molecular formula is C33H37FN2O4. The summed E-state index contributed by atoms with van der Waals surface area (Å²) < 4.78 is 25.7. The van der Waals surface area contributed by atoms with Gasteiger partial charge in [0.1, 0.15) is 23.6 Å². The third-order valence-electron chi connectivity index (χ3n) is 8.19. The fraction of sp³-hybridized carbons (Fsp3) is 0.394. The molecule has 1 spiro atoms. The molecule has 5 rings (SSSR count). The first-order valence-electron chi connectivity index (χ1n) is 14.2. The Morgan fingerprint density at radius 1 is 0.900 bits per heavy atom. The van der Waals surface area contributed by atoms with Crippen molar-refractivity contribution in [1.82, 2.24) is 4.90 Å². The molecule has 210 valence electrons. The minimum atomic E-state index is -0.277. The van der Waals surface area contributed by atoms with E-state index in [1.54, 1.807) is 24.3 Å². The summed E-state index contributed by atoms with van der Waals surface area (Å²) in [5.74, 6) is 1.36. The van der Waals surface area contributed by atoms with Gasteiger partial charge in [-0.05, 0) is 111 Å². The van der Waals surface area contributed by atoms with E-state index < -0.39 is 0 Å². The largest absolute Gasteiger partial charge is 0.493 e. The average molecular weight is 545 g/mol. The van der Waals surface area contributed by atoms with Crippen LogP contribution in [-0.2, 0) is 11.3 Å². The molecule has 2 aliphatic heterocycles. The Hall–Kier alpha value is -3.71. The molecule has 3 aromatic carbocycles. The van der Waals surface area contributed by atoms with Crippen molar-refractivity contribution in [3.05, 3.63) is 77.6 Å². The third kappa shape index (κ3) is 6.04. The molecule has 7 heteroatoms. The zero-order valence-electron chi connectivity index (χ0n) is 23.3. The number of carbonyl (C=O) groups is 2. The molecule has 40 heavy (non-hydrogen) atoms. The quantitative estimate of drug-likeness (QED) is 0.288. The molecule has 0 aliphatic carbocycles. The summed E-state index contributed by atoms with van der Waals surface area (Å²) in [5, 5.41) is 0. The molecule has 2 aliphatic rings. The molecular weight excluding hydrogens is 507 g/mol. The van der Waals surface area contributed by atoms with Gasteiger partial charge in [0.05, 0.1) is 18.8 Å². The Morgan fingerprint density at radius 3 is 2.10 bits per heavy atom. The molecule has 0 N–H and O–H groups in total. The first-order valence-corrected chi connectivity index (χ1v) is 14.2. The monoisotopic (exact) mass is 544 g/mol. The Labute approximate surface area is 235 Å². The van der Waals surface area contributed by atoms with Gasteiger partial charge in [-0.2, -0.15) is 0 Å². The van der Waals surface area contributed by atoms with Crippen LogP contribution in [0.4, 0.5) is 10.1 Å². The second-order valence-corrected chi connectivity index (χ2v) is 10.8. The van der Waals surface area contributed by atoms with E-state index >= 15 is 0 Å². The summed E-state index contributed by atoms with van der Waals surface area (Å²) >= 11 is 0. The van der Waals surface area contributed by atoms with Crippen LogP contribution in [0, 0.1) is 11.2 Å². The number of likely N-dealkylation sites (tertiary alicyclic amines) is 1. The minimum Gasteiger partial charge on any atom is -0.493 e. The summed E-state index contributed by atoms with van der Waals surface area (Å²) in [6, 6.07) is 17.9. The molecule has 0 saturated carbocycles. The van der Waals surface area contributed by atoms with Crippen molar-refractivity contribution >= 4 is 17.9 Å². The standard InChI is InChI=1S/C33H37FN2O4/c1-3-39-29-19-25(20-30(40-4-2)32(29)26-7-9-27(34)10-8-26)21-35-17-15-33(16-18-35)14-13-31(38)36(23-33)28-11-5-24(22-37)6-12-28/h5-12,19-20,22H,3-4,13-18,21,23H2,1-2H3. The normalized spacial score (nSPS) is 17.2. The number of halogens is 1. The lowest BCUT2D eigenvalue weighted by Crippen LogP contribution is -2.51. The van der Waals surface area contributed by atoms with Crippen molar-refractivity contribution in [2.45, 2.75) is 46.1 Å². The van der Waals surface area contributed by atoms with E-state index in [9.17, 15) is 14.0 Å². The molecule has 2 saturated heterocycles. The fourth-order valence-corrected chi connectivity index (χ4v) is 6.00. The Bertz CT molecular complexity index is 1300. The zero-order valence-corrected chi connectivity index (χ0v) is 23.3. The van der Waals surface area contributed by atoms with Gasteiger partial charge in [0.25, 0.3) is 0 Å². The second-order valence-electron chi connectivity index (χ2n) is 10.8.